The fourth-order valence-corrected chi connectivity index (χ4v) is 2.43. The van der Waals surface area contributed by atoms with Crippen LogP contribution < -0.4 is 0 Å². The van der Waals surface area contributed by atoms with Gasteiger partial charge in [0.05, 0.1) is 0 Å². The summed E-state index contributed by atoms with van der Waals surface area (Å²) in [5.41, 5.74) is 3.30. The van der Waals surface area contributed by atoms with Crippen LogP contribution in [0.5, 0.6) is 0 Å². The van der Waals surface area contributed by atoms with Gasteiger partial charge in [-0.1, -0.05) is 18.1 Å². The molecule has 0 aromatic heterocycles. The van der Waals surface area contributed by atoms with E-state index in [9.17, 15) is 0 Å². The first-order valence-electron chi connectivity index (χ1n) is 3.55. The zero-order chi connectivity index (χ0) is 6.85. The molecule has 0 N–H and O–H groups in total. The van der Waals surface area contributed by atoms with E-state index in [2.05, 4.69) is 32.5 Å². The molecule has 0 saturated heterocycles. The molecule has 1 heterocycles. The van der Waals surface area contributed by atoms with Crippen molar-refractivity contribution in [2.75, 3.05) is 5.75 Å². The van der Waals surface area contributed by atoms with Crippen molar-refractivity contribution in [3.8, 4) is 0 Å². The van der Waals surface area contributed by atoms with E-state index in [0.717, 1.165) is 5.25 Å². The maximum Gasteiger partial charge on any atom is 0.0231 e. The standard InChI is InChI=1S/C8H14S/c1-4-8-5-9-7(3)6(8)2/h7H,4-5H2,1-3H3. The summed E-state index contributed by atoms with van der Waals surface area (Å²) in [4.78, 5) is 0. The minimum absolute atomic E-state index is 0.792. The van der Waals surface area contributed by atoms with Gasteiger partial charge in [0.1, 0.15) is 0 Å². The Hall–Kier alpha value is 0.0900. The van der Waals surface area contributed by atoms with Crippen molar-refractivity contribution in [3.63, 3.8) is 0 Å². The normalized spacial score (nSPS) is 27.7. The largest absolute Gasteiger partial charge is 0.150 e. The van der Waals surface area contributed by atoms with Crippen LogP contribution in [-0.2, 0) is 0 Å². The molecule has 52 valence electrons. The van der Waals surface area contributed by atoms with Gasteiger partial charge in [-0.15, -0.1) is 11.8 Å². The van der Waals surface area contributed by atoms with Gasteiger partial charge in [0.15, 0.2) is 0 Å². The Balaban J connectivity index is 2.68. The SMILES string of the molecule is CCC1=C(C)C(C)SC1. The molecular weight excluding hydrogens is 128 g/mol. The van der Waals surface area contributed by atoms with Gasteiger partial charge in [0.25, 0.3) is 0 Å². The molecule has 0 aromatic carbocycles. The van der Waals surface area contributed by atoms with E-state index in [0.29, 0.717) is 0 Å². The molecule has 0 nitrogen and oxygen atoms in total. The van der Waals surface area contributed by atoms with E-state index in [1.807, 2.05) is 0 Å². The van der Waals surface area contributed by atoms with Gasteiger partial charge < -0.3 is 0 Å². The third-order valence-electron chi connectivity index (χ3n) is 2.10. The van der Waals surface area contributed by atoms with Gasteiger partial charge >= 0.3 is 0 Å². The van der Waals surface area contributed by atoms with E-state index in [1.165, 1.54) is 12.2 Å². The first-order valence-corrected chi connectivity index (χ1v) is 4.60. The average Bonchev–Trinajstić information content (AvgIpc) is 2.15. The maximum atomic E-state index is 2.29. The van der Waals surface area contributed by atoms with Crippen LogP contribution in [0.1, 0.15) is 27.2 Å². The van der Waals surface area contributed by atoms with Crippen molar-refractivity contribution in [1.82, 2.24) is 0 Å². The van der Waals surface area contributed by atoms with Crippen LogP contribution >= 0.6 is 11.8 Å². The van der Waals surface area contributed by atoms with Crippen LogP contribution in [-0.4, -0.2) is 11.0 Å². The molecule has 1 atom stereocenters. The Morgan fingerprint density at radius 3 is 2.56 bits per heavy atom. The molecular formula is C8H14S. The van der Waals surface area contributed by atoms with Crippen molar-refractivity contribution >= 4 is 11.8 Å². The molecule has 1 aliphatic heterocycles. The smallest absolute Gasteiger partial charge is 0.0231 e. The minimum atomic E-state index is 0.792. The number of hydrogen-bond donors (Lipinski definition) is 0. The molecule has 0 fully saturated rings. The Kier molecular flexibility index (Phi) is 2.23. The van der Waals surface area contributed by atoms with Crippen molar-refractivity contribution in [2.24, 2.45) is 0 Å². The lowest BCUT2D eigenvalue weighted by Gasteiger charge is -2.00. The molecule has 9 heavy (non-hydrogen) atoms. The summed E-state index contributed by atoms with van der Waals surface area (Å²) in [7, 11) is 0. The second-order valence-corrected chi connectivity index (χ2v) is 3.92. The molecule has 0 aliphatic carbocycles. The molecule has 1 aliphatic rings. The lowest BCUT2D eigenvalue weighted by Crippen LogP contribution is -1.90. The number of rotatable bonds is 1. The zero-order valence-corrected chi connectivity index (χ0v) is 7.22. The van der Waals surface area contributed by atoms with Crippen LogP contribution in [0.4, 0.5) is 0 Å². The Morgan fingerprint density at radius 1 is 1.67 bits per heavy atom. The summed E-state index contributed by atoms with van der Waals surface area (Å²) in [6.45, 7) is 6.81. The minimum Gasteiger partial charge on any atom is -0.150 e. The lowest BCUT2D eigenvalue weighted by molar-refractivity contribution is 1.03. The highest BCUT2D eigenvalue weighted by Gasteiger charge is 2.16. The number of thioether (sulfide) groups is 1. The van der Waals surface area contributed by atoms with Crippen molar-refractivity contribution in [3.05, 3.63) is 11.1 Å². The molecule has 1 heteroatoms. The second-order valence-electron chi connectivity index (χ2n) is 2.59. The van der Waals surface area contributed by atoms with Gasteiger partial charge in [0.2, 0.25) is 0 Å². The average molecular weight is 142 g/mol. The Morgan fingerprint density at radius 2 is 2.33 bits per heavy atom. The fourth-order valence-electron chi connectivity index (χ4n) is 1.13. The molecule has 0 radical (unpaired) electrons. The van der Waals surface area contributed by atoms with Gasteiger partial charge in [0, 0.05) is 11.0 Å². The predicted octanol–water partition coefficient (Wildman–Crippen LogP) is 2.85. The van der Waals surface area contributed by atoms with Gasteiger partial charge in [-0.05, 0) is 20.3 Å². The van der Waals surface area contributed by atoms with E-state index in [-0.39, 0.29) is 0 Å². The summed E-state index contributed by atoms with van der Waals surface area (Å²) in [5, 5.41) is 0.792. The molecule has 0 bridgehead atoms. The van der Waals surface area contributed by atoms with Crippen LogP contribution in [0.15, 0.2) is 11.1 Å². The third-order valence-corrected chi connectivity index (χ3v) is 3.47. The summed E-state index contributed by atoms with van der Waals surface area (Å²) >= 11 is 2.06. The summed E-state index contributed by atoms with van der Waals surface area (Å²) in [5.74, 6) is 1.28. The van der Waals surface area contributed by atoms with E-state index in [4.69, 9.17) is 0 Å². The summed E-state index contributed by atoms with van der Waals surface area (Å²) in [6, 6.07) is 0. The highest BCUT2D eigenvalue weighted by Crippen LogP contribution is 2.32. The third kappa shape index (κ3) is 1.32. The van der Waals surface area contributed by atoms with E-state index in [1.54, 1.807) is 11.1 Å². The summed E-state index contributed by atoms with van der Waals surface area (Å²) in [6.07, 6.45) is 1.25. The monoisotopic (exact) mass is 142 g/mol. The van der Waals surface area contributed by atoms with Gasteiger partial charge in [-0.2, -0.15) is 0 Å². The van der Waals surface area contributed by atoms with Crippen molar-refractivity contribution in [2.45, 2.75) is 32.4 Å². The van der Waals surface area contributed by atoms with Crippen LogP contribution in [0.2, 0.25) is 0 Å². The zero-order valence-electron chi connectivity index (χ0n) is 6.40. The van der Waals surface area contributed by atoms with E-state index < -0.39 is 0 Å². The molecule has 0 saturated carbocycles. The fraction of sp³-hybridized carbons (Fsp3) is 0.750. The van der Waals surface area contributed by atoms with Crippen LogP contribution in [0.25, 0.3) is 0 Å². The molecule has 0 amide bonds. The molecule has 1 unspecified atom stereocenters. The Bertz CT molecular complexity index is 136. The highest BCUT2D eigenvalue weighted by molar-refractivity contribution is 8.00. The summed E-state index contributed by atoms with van der Waals surface area (Å²) < 4.78 is 0. The van der Waals surface area contributed by atoms with Crippen LogP contribution in [0, 0.1) is 0 Å². The van der Waals surface area contributed by atoms with Gasteiger partial charge in [-0.25, -0.2) is 0 Å². The second kappa shape index (κ2) is 2.78. The highest BCUT2D eigenvalue weighted by atomic mass is 32.2. The van der Waals surface area contributed by atoms with Crippen LogP contribution in [0.3, 0.4) is 0 Å². The van der Waals surface area contributed by atoms with Crippen molar-refractivity contribution < 1.29 is 0 Å². The topological polar surface area (TPSA) is 0 Å². The first kappa shape index (κ1) is 7.20. The molecule has 1 rings (SSSR count). The molecule has 0 aromatic rings. The Labute approximate surface area is 61.7 Å². The predicted molar refractivity (Wildman–Crippen MR) is 44.9 cm³/mol. The number of hydrogen-bond acceptors (Lipinski definition) is 1. The van der Waals surface area contributed by atoms with Gasteiger partial charge in [-0.3, -0.25) is 0 Å². The lowest BCUT2D eigenvalue weighted by atomic mass is 10.1. The maximum absolute atomic E-state index is 2.29. The first-order chi connectivity index (χ1) is 4.25. The molecule has 0 spiro atoms. The van der Waals surface area contributed by atoms with Crippen molar-refractivity contribution in [1.29, 1.82) is 0 Å². The quantitative estimate of drug-likeness (QED) is 0.507. The van der Waals surface area contributed by atoms with E-state index >= 15 is 0 Å².